The standard InChI is InChI=1S/C60H38N4/c1-5-13-41(14-6-1)47-33-35-61-57-49(47)29-31-51-55(45-17-9-3-10-18-45)53(37-63-59(51)57)43-25-21-39(22-26-43)40-23-27-44(28-24-40)54-38-64-60-52(56(54)46-19-11-4-12-20-46)32-30-50-48(34-36-62-58(50)60)42-15-7-2-8-16-42/h1-38H. The summed E-state index contributed by atoms with van der Waals surface area (Å²) in [6, 6.07) is 73.0. The molecule has 12 aromatic rings. The van der Waals surface area contributed by atoms with Crippen LogP contribution in [0.2, 0.25) is 0 Å². The first kappa shape index (κ1) is 37.2. The third-order valence-electron chi connectivity index (χ3n) is 12.5. The third kappa shape index (κ3) is 6.40. The SMILES string of the molecule is c1ccc(-c2ccnc3c2ccc2c(-c4ccccc4)c(-c4ccc(-c5ccc(-c6cnc7c(ccc8c(-c9ccccc9)ccnc87)c6-c6ccccc6)cc5)cc4)cnc23)cc1. The highest BCUT2D eigenvalue weighted by atomic mass is 14.7. The highest BCUT2D eigenvalue weighted by Crippen LogP contribution is 2.43. The van der Waals surface area contributed by atoms with Gasteiger partial charge in [-0.15, -0.1) is 0 Å². The number of fused-ring (bicyclic) bond motifs is 6. The predicted octanol–water partition coefficient (Wildman–Crippen LogP) is 15.5. The molecule has 0 N–H and O–H groups in total. The average molecular weight is 815 g/mol. The van der Waals surface area contributed by atoms with Gasteiger partial charge in [-0.25, -0.2) is 0 Å². The number of hydrogen-bond donors (Lipinski definition) is 0. The molecule has 0 radical (unpaired) electrons. The molecular weight excluding hydrogens is 777 g/mol. The van der Waals surface area contributed by atoms with Crippen LogP contribution in [-0.2, 0) is 0 Å². The Hall–Kier alpha value is -8.60. The van der Waals surface area contributed by atoms with Crippen LogP contribution in [0, 0.1) is 0 Å². The van der Waals surface area contributed by atoms with Gasteiger partial charge in [0.2, 0.25) is 0 Å². The van der Waals surface area contributed by atoms with Crippen LogP contribution in [0.25, 0.3) is 122 Å². The number of benzene rings is 8. The molecule has 4 heteroatoms. The van der Waals surface area contributed by atoms with Crippen molar-refractivity contribution >= 4 is 43.6 Å². The van der Waals surface area contributed by atoms with Crippen molar-refractivity contribution in [3.8, 4) is 77.9 Å². The van der Waals surface area contributed by atoms with E-state index in [0.717, 1.165) is 122 Å². The smallest absolute Gasteiger partial charge is 0.0971 e. The normalized spacial score (nSPS) is 11.4. The van der Waals surface area contributed by atoms with E-state index in [-0.39, 0.29) is 0 Å². The van der Waals surface area contributed by atoms with Gasteiger partial charge < -0.3 is 0 Å². The fourth-order valence-electron chi connectivity index (χ4n) is 9.44. The molecule has 4 aromatic heterocycles. The molecule has 0 unspecified atom stereocenters. The van der Waals surface area contributed by atoms with Crippen LogP contribution in [0.3, 0.4) is 0 Å². The number of pyridine rings is 4. The van der Waals surface area contributed by atoms with Crippen molar-refractivity contribution in [1.29, 1.82) is 0 Å². The van der Waals surface area contributed by atoms with Gasteiger partial charge in [-0.3, -0.25) is 19.9 Å². The van der Waals surface area contributed by atoms with Crippen molar-refractivity contribution in [1.82, 2.24) is 19.9 Å². The third-order valence-corrected chi connectivity index (χ3v) is 12.5. The Balaban J connectivity index is 0.918. The van der Waals surface area contributed by atoms with Crippen molar-refractivity contribution < 1.29 is 0 Å². The Morgan fingerprint density at radius 1 is 0.203 bits per heavy atom. The fourth-order valence-corrected chi connectivity index (χ4v) is 9.44. The maximum atomic E-state index is 5.13. The Morgan fingerprint density at radius 2 is 0.500 bits per heavy atom. The van der Waals surface area contributed by atoms with E-state index in [4.69, 9.17) is 19.9 Å². The number of aromatic nitrogens is 4. The number of rotatable bonds is 7. The average Bonchev–Trinajstić information content (AvgIpc) is 3.38. The molecule has 0 fully saturated rings. The minimum atomic E-state index is 0.897. The van der Waals surface area contributed by atoms with Crippen molar-refractivity contribution in [3.05, 3.63) is 231 Å². The van der Waals surface area contributed by atoms with Crippen LogP contribution < -0.4 is 0 Å². The lowest BCUT2D eigenvalue weighted by Gasteiger charge is -2.16. The highest BCUT2D eigenvalue weighted by molar-refractivity contribution is 6.15. The van der Waals surface area contributed by atoms with Crippen LogP contribution in [0.15, 0.2) is 231 Å². The van der Waals surface area contributed by atoms with E-state index in [2.05, 4.69) is 194 Å². The van der Waals surface area contributed by atoms with E-state index >= 15 is 0 Å². The molecule has 0 bridgehead atoms. The first-order valence-electron chi connectivity index (χ1n) is 21.6. The summed E-state index contributed by atoms with van der Waals surface area (Å²) < 4.78 is 0. The van der Waals surface area contributed by atoms with Gasteiger partial charge >= 0.3 is 0 Å². The molecule has 64 heavy (non-hydrogen) atoms. The van der Waals surface area contributed by atoms with Gasteiger partial charge in [-0.1, -0.05) is 194 Å². The quantitative estimate of drug-likeness (QED) is 0.150. The van der Waals surface area contributed by atoms with E-state index in [9.17, 15) is 0 Å². The zero-order chi connectivity index (χ0) is 42.4. The second-order valence-corrected chi connectivity index (χ2v) is 16.1. The van der Waals surface area contributed by atoms with Crippen LogP contribution in [0.4, 0.5) is 0 Å². The Kier molecular flexibility index (Phi) is 9.12. The van der Waals surface area contributed by atoms with E-state index in [1.165, 1.54) is 0 Å². The van der Waals surface area contributed by atoms with Gasteiger partial charge in [-0.2, -0.15) is 0 Å². The molecule has 4 nitrogen and oxygen atoms in total. The Bertz CT molecular complexity index is 3420. The van der Waals surface area contributed by atoms with Gasteiger partial charge in [0.05, 0.1) is 22.1 Å². The molecule has 0 aliphatic carbocycles. The van der Waals surface area contributed by atoms with Gasteiger partial charge in [0.25, 0.3) is 0 Å². The van der Waals surface area contributed by atoms with Crippen LogP contribution in [0.5, 0.6) is 0 Å². The first-order valence-corrected chi connectivity index (χ1v) is 21.6. The van der Waals surface area contributed by atoms with E-state index in [1.807, 2.05) is 36.9 Å². The topological polar surface area (TPSA) is 51.6 Å². The lowest BCUT2D eigenvalue weighted by molar-refractivity contribution is 1.37. The summed E-state index contributed by atoms with van der Waals surface area (Å²) >= 11 is 0. The second kappa shape index (κ2) is 15.7. The van der Waals surface area contributed by atoms with Gasteiger partial charge in [0.1, 0.15) is 0 Å². The molecule has 0 saturated carbocycles. The molecule has 0 aliphatic rings. The summed E-state index contributed by atoms with van der Waals surface area (Å²) in [5.74, 6) is 0. The molecule has 0 spiro atoms. The minimum Gasteiger partial charge on any atom is -0.254 e. The second-order valence-electron chi connectivity index (χ2n) is 16.1. The molecule has 0 saturated heterocycles. The summed E-state index contributed by atoms with van der Waals surface area (Å²) in [5, 5.41) is 4.33. The molecular formula is C60H38N4. The van der Waals surface area contributed by atoms with Gasteiger partial charge in [0, 0.05) is 68.6 Å². The van der Waals surface area contributed by atoms with E-state index in [0.29, 0.717) is 0 Å². The van der Waals surface area contributed by atoms with Gasteiger partial charge in [0.15, 0.2) is 0 Å². The maximum absolute atomic E-state index is 5.13. The lowest BCUT2D eigenvalue weighted by atomic mass is 9.90. The molecule has 4 heterocycles. The Labute approximate surface area is 370 Å². The maximum Gasteiger partial charge on any atom is 0.0971 e. The van der Waals surface area contributed by atoms with E-state index in [1.54, 1.807) is 0 Å². The molecule has 298 valence electrons. The first-order chi connectivity index (χ1) is 31.8. The van der Waals surface area contributed by atoms with Crippen LogP contribution >= 0.6 is 0 Å². The van der Waals surface area contributed by atoms with Gasteiger partial charge in [-0.05, 0) is 67.8 Å². The lowest BCUT2D eigenvalue weighted by Crippen LogP contribution is -1.94. The molecule has 12 rings (SSSR count). The highest BCUT2D eigenvalue weighted by Gasteiger charge is 2.19. The zero-order valence-corrected chi connectivity index (χ0v) is 34.7. The monoisotopic (exact) mass is 814 g/mol. The molecule has 0 amide bonds. The predicted molar refractivity (Wildman–Crippen MR) is 266 cm³/mol. The zero-order valence-electron chi connectivity index (χ0n) is 34.7. The van der Waals surface area contributed by atoms with Crippen LogP contribution in [-0.4, -0.2) is 19.9 Å². The van der Waals surface area contributed by atoms with Crippen molar-refractivity contribution in [3.63, 3.8) is 0 Å². The molecule has 0 aliphatic heterocycles. The fraction of sp³-hybridized carbons (Fsp3) is 0. The summed E-state index contributed by atoms with van der Waals surface area (Å²) in [7, 11) is 0. The molecule has 8 aromatic carbocycles. The van der Waals surface area contributed by atoms with Crippen LogP contribution in [0.1, 0.15) is 0 Å². The Morgan fingerprint density at radius 3 is 0.875 bits per heavy atom. The summed E-state index contributed by atoms with van der Waals surface area (Å²) in [4.78, 5) is 20.1. The largest absolute Gasteiger partial charge is 0.254 e. The van der Waals surface area contributed by atoms with Crippen molar-refractivity contribution in [2.45, 2.75) is 0 Å². The molecule has 0 atom stereocenters. The number of hydrogen-bond acceptors (Lipinski definition) is 4. The van der Waals surface area contributed by atoms with E-state index < -0.39 is 0 Å². The van der Waals surface area contributed by atoms with Crippen molar-refractivity contribution in [2.24, 2.45) is 0 Å². The summed E-state index contributed by atoms with van der Waals surface area (Å²) in [6.45, 7) is 0. The minimum absolute atomic E-state index is 0.897. The summed E-state index contributed by atoms with van der Waals surface area (Å²) in [5.41, 5.74) is 19.5. The number of nitrogens with zero attached hydrogens (tertiary/aromatic N) is 4. The van der Waals surface area contributed by atoms with Crippen molar-refractivity contribution in [2.75, 3.05) is 0 Å². The summed E-state index contributed by atoms with van der Waals surface area (Å²) in [6.07, 6.45) is 7.84.